The van der Waals surface area contributed by atoms with E-state index in [1.54, 1.807) is 19.3 Å². The summed E-state index contributed by atoms with van der Waals surface area (Å²) in [5, 5.41) is 19.0. The average molecular weight is 532 g/mol. The molecule has 3 aromatic carbocycles. The number of nitrogens with one attached hydrogen (secondary N) is 1. The number of para-hydroxylation sites is 2. The normalized spacial score (nSPS) is 11.1. The molecule has 0 amide bonds. The molecule has 156 valence electrons. The van der Waals surface area contributed by atoms with Crippen LogP contribution < -0.4 is 9.47 Å². The van der Waals surface area contributed by atoms with Crippen molar-refractivity contribution in [2.45, 2.75) is 6.61 Å². The molecule has 7 heteroatoms. The summed E-state index contributed by atoms with van der Waals surface area (Å²) in [6.07, 6.45) is 1.76. The van der Waals surface area contributed by atoms with Crippen LogP contribution in [-0.4, -0.2) is 17.1 Å². The summed E-state index contributed by atoms with van der Waals surface area (Å²) in [6, 6.07) is 23.1. The number of halogens is 1. The molecular formula is C25H17IN4O2. The molecule has 0 spiro atoms. The van der Waals surface area contributed by atoms with Crippen LogP contribution in [0.3, 0.4) is 0 Å². The number of allylic oxidation sites excluding steroid dienone is 1. The number of ether oxygens (including phenoxy) is 2. The van der Waals surface area contributed by atoms with Gasteiger partial charge in [-0.15, -0.1) is 0 Å². The number of imidazole rings is 1. The molecule has 0 unspecified atom stereocenters. The first kappa shape index (κ1) is 21.4. The molecule has 1 N–H and O–H groups in total. The summed E-state index contributed by atoms with van der Waals surface area (Å²) >= 11 is 2.18. The summed E-state index contributed by atoms with van der Waals surface area (Å²) < 4.78 is 12.4. The van der Waals surface area contributed by atoms with Crippen molar-refractivity contribution >= 4 is 45.3 Å². The molecule has 0 atom stereocenters. The standard InChI is InChI=1S/C25H17IN4O2/c1-31-23-12-16(10-19(14-28)25-29-21-8-4-5-9-22(21)30-25)11-20(26)24(23)32-15-18-7-3-2-6-17(18)13-27/h2-12H,15H2,1H3,(H,29,30)/b19-10+. The van der Waals surface area contributed by atoms with Crippen molar-refractivity contribution in [2.75, 3.05) is 7.11 Å². The van der Waals surface area contributed by atoms with Crippen molar-refractivity contribution in [1.29, 1.82) is 10.5 Å². The van der Waals surface area contributed by atoms with E-state index in [1.807, 2.05) is 54.6 Å². The minimum atomic E-state index is 0.244. The first-order valence-corrected chi connectivity index (χ1v) is 10.8. The number of hydrogen-bond donors (Lipinski definition) is 1. The van der Waals surface area contributed by atoms with Gasteiger partial charge in [0.2, 0.25) is 0 Å². The van der Waals surface area contributed by atoms with E-state index in [1.165, 1.54) is 0 Å². The van der Waals surface area contributed by atoms with Gasteiger partial charge in [-0.2, -0.15) is 10.5 Å². The van der Waals surface area contributed by atoms with Crippen LogP contribution in [0.2, 0.25) is 0 Å². The van der Waals surface area contributed by atoms with Crippen molar-refractivity contribution in [2.24, 2.45) is 0 Å². The van der Waals surface area contributed by atoms with Gasteiger partial charge in [0.05, 0.1) is 38.9 Å². The van der Waals surface area contributed by atoms with E-state index < -0.39 is 0 Å². The zero-order valence-corrected chi connectivity index (χ0v) is 19.3. The molecule has 0 aliphatic heterocycles. The number of fused-ring (bicyclic) bond motifs is 1. The molecule has 0 radical (unpaired) electrons. The Morgan fingerprint density at radius 2 is 1.91 bits per heavy atom. The second kappa shape index (κ2) is 9.54. The number of rotatable bonds is 6. The monoisotopic (exact) mass is 532 g/mol. The fourth-order valence-corrected chi connectivity index (χ4v) is 4.05. The summed E-state index contributed by atoms with van der Waals surface area (Å²) in [5.41, 5.74) is 4.25. The van der Waals surface area contributed by atoms with Gasteiger partial charge in [-0.3, -0.25) is 0 Å². The summed E-state index contributed by atoms with van der Waals surface area (Å²) in [4.78, 5) is 7.70. The summed E-state index contributed by atoms with van der Waals surface area (Å²) in [6.45, 7) is 0.244. The quantitative estimate of drug-likeness (QED) is 0.254. The minimum absolute atomic E-state index is 0.244. The smallest absolute Gasteiger partial charge is 0.174 e. The van der Waals surface area contributed by atoms with E-state index in [0.29, 0.717) is 28.5 Å². The predicted molar refractivity (Wildman–Crippen MR) is 131 cm³/mol. The highest BCUT2D eigenvalue weighted by Crippen LogP contribution is 2.35. The van der Waals surface area contributed by atoms with Crippen molar-refractivity contribution < 1.29 is 9.47 Å². The number of benzene rings is 3. The molecule has 0 saturated heterocycles. The van der Waals surface area contributed by atoms with Crippen molar-refractivity contribution in [3.63, 3.8) is 0 Å². The molecule has 0 fully saturated rings. The van der Waals surface area contributed by atoms with Gasteiger partial charge in [-0.05, 0) is 64.6 Å². The van der Waals surface area contributed by atoms with Crippen LogP contribution in [0.15, 0.2) is 60.7 Å². The van der Waals surface area contributed by atoms with Gasteiger partial charge < -0.3 is 14.5 Å². The lowest BCUT2D eigenvalue weighted by Gasteiger charge is -2.14. The van der Waals surface area contributed by atoms with Crippen molar-refractivity contribution in [3.05, 3.63) is 86.7 Å². The van der Waals surface area contributed by atoms with Gasteiger partial charge in [-0.1, -0.05) is 30.3 Å². The maximum atomic E-state index is 9.71. The van der Waals surface area contributed by atoms with Gasteiger partial charge in [0.25, 0.3) is 0 Å². The molecule has 4 aromatic rings. The van der Waals surface area contributed by atoms with Crippen molar-refractivity contribution in [1.82, 2.24) is 9.97 Å². The number of nitrogens with zero attached hydrogens (tertiary/aromatic N) is 3. The SMILES string of the molecule is COc1cc(/C=C(\C#N)c2nc3ccccc3[nH]2)cc(I)c1OCc1ccccc1C#N. The van der Waals surface area contributed by atoms with Crippen LogP contribution >= 0.6 is 22.6 Å². The second-order valence-corrected chi connectivity index (χ2v) is 8.03. The van der Waals surface area contributed by atoms with E-state index in [4.69, 9.17) is 9.47 Å². The maximum absolute atomic E-state index is 9.71. The Morgan fingerprint density at radius 3 is 2.66 bits per heavy atom. The summed E-state index contributed by atoms with van der Waals surface area (Å²) in [5.74, 6) is 1.64. The molecule has 1 heterocycles. The second-order valence-electron chi connectivity index (χ2n) is 6.86. The lowest BCUT2D eigenvalue weighted by molar-refractivity contribution is 0.282. The lowest BCUT2D eigenvalue weighted by Crippen LogP contribution is -2.02. The molecule has 0 aliphatic carbocycles. The Bertz CT molecular complexity index is 1380. The molecule has 6 nitrogen and oxygen atoms in total. The predicted octanol–water partition coefficient (Wildman–Crippen LogP) is 5.69. The number of hydrogen-bond acceptors (Lipinski definition) is 5. The Labute approximate surface area is 198 Å². The molecule has 1 aromatic heterocycles. The summed E-state index contributed by atoms with van der Waals surface area (Å²) in [7, 11) is 1.57. The third-order valence-corrected chi connectivity index (χ3v) is 5.64. The fraction of sp³-hybridized carbons (Fsp3) is 0.0800. The van der Waals surface area contributed by atoms with Crippen LogP contribution in [0.25, 0.3) is 22.7 Å². The van der Waals surface area contributed by atoms with Gasteiger partial charge in [0, 0.05) is 5.56 Å². The minimum Gasteiger partial charge on any atom is -0.493 e. The maximum Gasteiger partial charge on any atom is 0.174 e. The highest BCUT2D eigenvalue weighted by molar-refractivity contribution is 14.1. The van der Waals surface area contributed by atoms with Gasteiger partial charge >= 0.3 is 0 Å². The number of nitriles is 2. The Hall–Kier alpha value is -3.82. The fourth-order valence-electron chi connectivity index (χ4n) is 3.27. The van der Waals surface area contributed by atoms with Crippen LogP contribution in [0.4, 0.5) is 0 Å². The third-order valence-electron chi connectivity index (χ3n) is 4.84. The van der Waals surface area contributed by atoms with Gasteiger partial charge in [0.15, 0.2) is 11.5 Å². The van der Waals surface area contributed by atoms with E-state index in [0.717, 1.165) is 25.7 Å². The Balaban J connectivity index is 1.65. The highest BCUT2D eigenvalue weighted by atomic mass is 127. The van der Waals surface area contributed by atoms with Crippen LogP contribution in [0, 0.1) is 26.2 Å². The lowest BCUT2D eigenvalue weighted by atomic mass is 10.1. The zero-order valence-electron chi connectivity index (χ0n) is 17.1. The van der Waals surface area contributed by atoms with Crippen LogP contribution in [0.5, 0.6) is 11.5 Å². The molecule has 0 aliphatic rings. The number of aromatic amines is 1. The number of H-pyrrole nitrogens is 1. The topological polar surface area (TPSA) is 94.7 Å². The average Bonchev–Trinajstić information content (AvgIpc) is 3.25. The van der Waals surface area contributed by atoms with E-state index >= 15 is 0 Å². The third kappa shape index (κ3) is 4.43. The zero-order chi connectivity index (χ0) is 22.5. The molecule has 4 rings (SSSR count). The molecule has 0 saturated carbocycles. The molecular weight excluding hydrogens is 515 g/mol. The van der Waals surface area contributed by atoms with E-state index in [9.17, 15) is 10.5 Å². The first-order valence-electron chi connectivity index (χ1n) is 9.68. The van der Waals surface area contributed by atoms with Crippen LogP contribution in [0.1, 0.15) is 22.5 Å². The first-order chi connectivity index (χ1) is 15.6. The van der Waals surface area contributed by atoms with Crippen LogP contribution in [-0.2, 0) is 6.61 Å². The molecule has 32 heavy (non-hydrogen) atoms. The number of methoxy groups -OCH3 is 1. The van der Waals surface area contributed by atoms with E-state index in [2.05, 4.69) is 44.7 Å². The molecule has 0 bridgehead atoms. The number of aromatic nitrogens is 2. The highest BCUT2D eigenvalue weighted by Gasteiger charge is 2.14. The van der Waals surface area contributed by atoms with E-state index in [-0.39, 0.29) is 6.61 Å². The Morgan fingerprint density at radius 1 is 1.12 bits per heavy atom. The largest absolute Gasteiger partial charge is 0.493 e. The van der Waals surface area contributed by atoms with Crippen molar-refractivity contribution in [3.8, 4) is 23.6 Å². The Kier molecular flexibility index (Phi) is 6.39. The van der Waals surface area contributed by atoms with Gasteiger partial charge in [0.1, 0.15) is 18.5 Å². The van der Waals surface area contributed by atoms with Gasteiger partial charge in [-0.25, -0.2) is 4.98 Å².